The van der Waals surface area contributed by atoms with Gasteiger partial charge in [-0.05, 0) is 29.8 Å². The topological polar surface area (TPSA) is 97.6 Å². The van der Waals surface area contributed by atoms with Gasteiger partial charge < -0.3 is 9.88 Å². The number of hydrogen-bond acceptors (Lipinski definition) is 7. The van der Waals surface area contributed by atoms with Crippen molar-refractivity contribution in [3.8, 4) is 5.69 Å². The van der Waals surface area contributed by atoms with Gasteiger partial charge in [-0.1, -0.05) is 23.5 Å². The number of carbonyl (C=O) groups excluding carboxylic acids is 1. The Morgan fingerprint density at radius 2 is 2.04 bits per heavy atom. The van der Waals surface area contributed by atoms with Crippen LogP contribution >= 0.6 is 11.3 Å². The van der Waals surface area contributed by atoms with Gasteiger partial charge in [-0.15, -0.1) is 10.2 Å². The van der Waals surface area contributed by atoms with Crippen LogP contribution in [0.3, 0.4) is 0 Å². The fourth-order valence-corrected chi connectivity index (χ4v) is 2.86. The predicted octanol–water partition coefficient (Wildman–Crippen LogP) is 2.98. The fourth-order valence-electron chi connectivity index (χ4n) is 2.42. The number of nitrogens with zero attached hydrogens (tertiary/aromatic N) is 5. The Hall–Kier alpha value is -3.59. The number of hydrogen-bond donors (Lipinski definition) is 2. The normalized spacial score (nSPS) is 10.5. The number of anilines is 2. The van der Waals surface area contributed by atoms with Crippen molar-refractivity contribution in [2.75, 3.05) is 10.6 Å². The summed E-state index contributed by atoms with van der Waals surface area (Å²) in [4.78, 5) is 20.4. The summed E-state index contributed by atoms with van der Waals surface area (Å²) in [6.45, 7) is 0.632. The number of imidazole rings is 1. The minimum Gasteiger partial charge on any atom is -0.366 e. The van der Waals surface area contributed by atoms with Gasteiger partial charge in [0, 0.05) is 30.8 Å². The van der Waals surface area contributed by atoms with Gasteiger partial charge in [0.25, 0.3) is 5.91 Å². The van der Waals surface area contributed by atoms with Gasteiger partial charge in [-0.3, -0.25) is 10.1 Å². The number of aromatic nitrogens is 5. The first-order chi connectivity index (χ1) is 13.3. The summed E-state index contributed by atoms with van der Waals surface area (Å²) in [5, 5.41) is 13.8. The number of carbonyl (C=O) groups is 1. The Kier molecular flexibility index (Phi) is 4.84. The molecule has 4 rings (SSSR count). The third-order valence-corrected chi connectivity index (χ3v) is 4.43. The lowest BCUT2D eigenvalue weighted by Crippen LogP contribution is -2.12. The molecule has 9 heteroatoms. The number of amides is 1. The molecule has 3 heterocycles. The summed E-state index contributed by atoms with van der Waals surface area (Å²) in [7, 11) is 0. The molecule has 1 amide bonds. The lowest BCUT2D eigenvalue weighted by Gasteiger charge is -2.08. The second-order valence-corrected chi connectivity index (χ2v) is 6.45. The van der Waals surface area contributed by atoms with Crippen molar-refractivity contribution >= 4 is 28.2 Å². The van der Waals surface area contributed by atoms with Gasteiger partial charge in [0.05, 0.1) is 11.9 Å². The van der Waals surface area contributed by atoms with E-state index in [1.165, 1.54) is 17.5 Å². The highest BCUT2D eigenvalue weighted by Gasteiger charge is 2.08. The summed E-state index contributed by atoms with van der Waals surface area (Å²) in [5.74, 6) is 0.432. The molecule has 0 radical (unpaired) electrons. The molecule has 27 heavy (non-hydrogen) atoms. The monoisotopic (exact) mass is 377 g/mol. The van der Waals surface area contributed by atoms with Crippen LogP contribution in [-0.2, 0) is 6.54 Å². The van der Waals surface area contributed by atoms with E-state index in [0.717, 1.165) is 11.3 Å². The van der Waals surface area contributed by atoms with Crippen molar-refractivity contribution in [1.29, 1.82) is 0 Å². The van der Waals surface area contributed by atoms with Crippen molar-refractivity contribution in [2.45, 2.75) is 6.54 Å². The lowest BCUT2D eigenvalue weighted by atomic mass is 10.2. The molecule has 0 aliphatic heterocycles. The quantitative estimate of drug-likeness (QED) is 0.536. The molecular formula is C18H15N7OS. The third kappa shape index (κ3) is 4.15. The first kappa shape index (κ1) is 16.9. The van der Waals surface area contributed by atoms with Crippen LogP contribution in [0.1, 0.15) is 15.9 Å². The summed E-state index contributed by atoms with van der Waals surface area (Å²) in [5.41, 5.74) is 4.20. The largest absolute Gasteiger partial charge is 0.366 e. The predicted molar refractivity (Wildman–Crippen MR) is 103 cm³/mol. The highest BCUT2D eigenvalue weighted by molar-refractivity contribution is 7.13. The van der Waals surface area contributed by atoms with Gasteiger partial charge in [0.1, 0.15) is 11.3 Å². The average Bonchev–Trinajstić information content (AvgIpc) is 3.41. The van der Waals surface area contributed by atoms with Gasteiger partial charge >= 0.3 is 0 Å². The SMILES string of the molecule is O=C(Nc1nncs1)c1ccc(NCc2ccc(-n3ccnc3)cc2)nc1. The minimum atomic E-state index is -0.263. The van der Waals surface area contributed by atoms with E-state index in [1.807, 2.05) is 35.0 Å². The molecule has 3 aromatic heterocycles. The maximum Gasteiger partial charge on any atom is 0.259 e. The van der Waals surface area contributed by atoms with E-state index in [9.17, 15) is 4.79 Å². The minimum absolute atomic E-state index is 0.263. The molecule has 8 nitrogen and oxygen atoms in total. The Morgan fingerprint density at radius 3 is 2.70 bits per heavy atom. The van der Waals surface area contributed by atoms with Crippen molar-refractivity contribution in [3.05, 3.63) is 78.0 Å². The summed E-state index contributed by atoms with van der Waals surface area (Å²) in [6.07, 6.45) is 6.94. The van der Waals surface area contributed by atoms with Crippen molar-refractivity contribution < 1.29 is 4.79 Å². The van der Waals surface area contributed by atoms with E-state index in [1.54, 1.807) is 30.2 Å². The van der Waals surface area contributed by atoms with Gasteiger partial charge in [0.2, 0.25) is 5.13 Å². The van der Waals surface area contributed by atoms with Crippen molar-refractivity contribution in [1.82, 2.24) is 24.7 Å². The number of benzene rings is 1. The molecule has 0 fully saturated rings. The molecule has 0 spiro atoms. The second-order valence-electron chi connectivity index (χ2n) is 5.62. The van der Waals surface area contributed by atoms with E-state index in [-0.39, 0.29) is 5.91 Å². The molecule has 0 saturated heterocycles. The zero-order valence-corrected chi connectivity index (χ0v) is 14.9. The Labute approximate surface area is 159 Å². The first-order valence-electron chi connectivity index (χ1n) is 8.13. The van der Waals surface area contributed by atoms with E-state index in [0.29, 0.717) is 23.1 Å². The maximum absolute atomic E-state index is 12.1. The smallest absolute Gasteiger partial charge is 0.259 e. The standard InChI is InChI=1S/C18H15N7OS/c26-17(23-18-24-22-12-27-18)14-3-6-16(21-10-14)20-9-13-1-4-15(5-2-13)25-8-7-19-11-25/h1-8,10-12H,9H2,(H,20,21)(H,23,24,26). The van der Waals surface area contributed by atoms with E-state index in [4.69, 9.17) is 0 Å². The molecule has 4 aromatic rings. The van der Waals surface area contributed by atoms with Crippen LogP contribution in [0.5, 0.6) is 0 Å². The first-order valence-corrected chi connectivity index (χ1v) is 9.00. The molecule has 0 aliphatic carbocycles. The molecule has 1 aromatic carbocycles. The van der Waals surface area contributed by atoms with E-state index in [2.05, 4.69) is 30.8 Å². The molecule has 2 N–H and O–H groups in total. The van der Waals surface area contributed by atoms with Crippen LogP contribution in [-0.4, -0.2) is 30.6 Å². The molecule has 134 valence electrons. The maximum atomic E-state index is 12.1. The lowest BCUT2D eigenvalue weighted by molar-refractivity contribution is 0.102. The fraction of sp³-hybridized carbons (Fsp3) is 0.0556. The molecular weight excluding hydrogens is 362 g/mol. The Bertz CT molecular complexity index is 997. The van der Waals surface area contributed by atoms with Gasteiger partial charge in [-0.25, -0.2) is 9.97 Å². The average molecular weight is 377 g/mol. The summed E-state index contributed by atoms with van der Waals surface area (Å²) in [6, 6.07) is 11.7. The van der Waals surface area contributed by atoms with Crippen LogP contribution in [0.2, 0.25) is 0 Å². The van der Waals surface area contributed by atoms with Crippen LogP contribution in [0, 0.1) is 0 Å². The zero-order chi connectivity index (χ0) is 18.5. The summed E-state index contributed by atoms with van der Waals surface area (Å²) >= 11 is 1.26. The van der Waals surface area contributed by atoms with Crippen molar-refractivity contribution in [2.24, 2.45) is 0 Å². The van der Waals surface area contributed by atoms with Crippen LogP contribution in [0.25, 0.3) is 5.69 Å². The highest BCUT2D eigenvalue weighted by Crippen LogP contribution is 2.13. The number of pyridine rings is 1. The highest BCUT2D eigenvalue weighted by atomic mass is 32.1. The molecule has 0 saturated carbocycles. The van der Waals surface area contributed by atoms with Crippen molar-refractivity contribution in [3.63, 3.8) is 0 Å². The Balaban J connectivity index is 1.34. The molecule has 0 aliphatic rings. The Morgan fingerprint density at radius 1 is 1.15 bits per heavy atom. The van der Waals surface area contributed by atoms with E-state index >= 15 is 0 Å². The van der Waals surface area contributed by atoms with Gasteiger partial charge in [-0.2, -0.15) is 0 Å². The molecule has 0 bridgehead atoms. The second kappa shape index (κ2) is 7.75. The zero-order valence-electron chi connectivity index (χ0n) is 14.1. The summed E-state index contributed by atoms with van der Waals surface area (Å²) < 4.78 is 1.95. The van der Waals surface area contributed by atoms with E-state index < -0.39 is 0 Å². The number of nitrogens with one attached hydrogen (secondary N) is 2. The molecule has 0 atom stereocenters. The third-order valence-electron chi connectivity index (χ3n) is 3.82. The van der Waals surface area contributed by atoms with Crippen LogP contribution in [0.4, 0.5) is 10.9 Å². The number of rotatable bonds is 6. The van der Waals surface area contributed by atoms with Gasteiger partial charge in [0.15, 0.2) is 0 Å². The van der Waals surface area contributed by atoms with Crippen LogP contribution in [0.15, 0.2) is 66.8 Å². The van der Waals surface area contributed by atoms with Crippen LogP contribution < -0.4 is 10.6 Å². The molecule has 0 unspecified atom stereocenters.